The third kappa shape index (κ3) is 4.09. The predicted molar refractivity (Wildman–Crippen MR) is 122 cm³/mol. The van der Waals surface area contributed by atoms with Crippen LogP contribution in [0, 0.1) is 11.6 Å². The van der Waals surface area contributed by atoms with E-state index in [0.717, 1.165) is 54.1 Å². The highest BCUT2D eigenvalue weighted by Gasteiger charge is 2.31. The molecule has 2 aromatic heterocycles. The molecule has 0 spiro atoms. The fraction of sp³-hybridized carbons (Fsp3) is 0.348. The third-order valence-electron chi connectivity index (χ3n) is 6.10. The SMILES string of the molecule is N[C@H]1CCCN(c2c(NC(=O)c3csc(-c4c(F)cccc4F)n3)cnc3c2CC[C@H]3O)C1. The Bertz CT molecular complexity index is 1200. The number of hydrogen-bond acceptors (Lipinski definition) is 7. The second-order valence-corrected chi connectivity index (χ2v) is 9.23. The van der Waals surface area contributed by atoms with Gasteiger partial charge >= 0.3 is 0 Å². The molecular weight excluding hydrogens is 448 g/mol. The maximum atomic E-state index is 14.1. The van der Waals surface area contributed by atoms with Crippen LogP contribution in [0.15, 0.2) is 29.8 Å². The number of benzene rings is 1. The minimum absolute atomic E-state index is 0.0224. The molecular formula is C23H23F2N5O2S. The van der Waals surface area contributed by atoms with Gasteiger partial charge in [0.25, 0.3) is 5.91 Å². The highest BCUT2D eigenvalue weighted by Crippen LogP contribution is 2.41. The van der Waals surface area contributed by atoms with E-state index in [2.05, 4.69) is 20.2 Å². The second kappa shape index (κ2) is 8.77. The van der Waals surface area contributed by atoms with Gasteiger partial charge in [-0.3, -0.25) is 9.78 Å². The van der Waals surface area contributed by atoms with E-state index >= 15 is 0 Å². The standard InChI is InChI=1S/C23H23F2N5O2S/c24-14-4-1-5-15(25)19(14)23-29-17(11-33-23)22(32)28-16-9-27-20-13(6-7-18(20)31)21(16)30-8-2-3-12(26)10-30/h1,4-5,9,11-12,18,31H,2-3,6-8,10,26H2,(H,28,32)/t12-,18+/m0/s1. The summed E-state index contributed by atoms with van der Waals surface area (Å²) < 4.78 is 28.2. The van der Waals surface area contributed by atoms with Crippen molar-refractivity contribution >= 4 is 28.6 Å². The topological polar surface area (TPSA) is 104 Å². The fourth-order valence-electron chi connectivity index (χ4n) is 4.56. The van der Waals surface area contributed by atoms with Crippen molar-refractivity contribution in [1.82, 2.24) is 9.97 Å². The summed E-state index contributed by atoms with van der Waals surface area (Å²) in [6, 6.07) is 3.61. The zero-order valence-electron chi connectivity index (χ0n) is 17.7. The molecule has 0 saturated carbocycles. The lowest BCUT2D eigenvalue weighted by Gasteiger charge is -2.35. The monoisotopic (exact) mass is 471 g/mol. The lowest BCUT2D eigenvalue weighted by Crippen LogP contribution is -2.43. The van der Waals surface area contributed by atoms with Gasteiger partial charge in [-0.05, 0) is 37.8 Å². The molecule has 1 saturated heterocycles. The summed E-state index contributed by atoms with van der Waals surface area (Å²) in [6.07, 6.45) is 4.02. The number of nitrogens with two attached hydrogens (primary N) is 1. The van der Waals surface area contributed by atoms with E-state index in [9.17, 15) is 18.7 Å². The van der Waals surface area contributed by atoms with Gasteiger partial charge in [0.2, 0.25) is 0 Å². The highest BCUT2D eigenvalue weighted by molar-refractivity contribution is 7.13. The highest BCUT2D eigenvalue weighted by atomic mass is 32.1. The van der Waals surface area contributed by atoms with Crippen molar-refractivity contribution in [3.8, 4) is 10.6 Å². The van der Waals surface area contributed by atoms with Crippen LogP contribution in [0.25, 0.3) is 10.6 Å². The number of piperidine rings is 1. The number of fused-ring (bicyclic) bond motifs is 1. The molecule has 33 heavy (non-hydrogen) atoms. The molecule has 5 rings (SSSR count). The number of pyridine rings is 1. The molecule has 3 heterocycles. The normalized spacial score (nSPS) is 20.1. The zero-order chi connectivity index (χ0) is 23.1. The molecule has 0 radical (unpaired) electrons. The number of aliphatic hydroxyl groups excluding tert-OH is 1. The molecule has 2 aliphatic rings. The van der Waals surface area contributed by atoms with Gasteiger partial charge in [0.1, 0.15) is 22.3 Å². The Balaban J connectivity index is 1.46. The van der Waals surface area contributed by atoms with Crippen LogP contribution in [0.5, 0.6) is 0 Å². The number of hydrogen-bond donors (Lipinski definition) is 3. The summed E-state index contributed by atoms with van der Waals surface area (Å²) >= 11 is 0.995. The first-order chi connectivity index (χ1) is 15.9. The molecule has 2 atom stereocenters. The van der Waals surface area contributed by atoms with Crippen LogP contribution in [0.1, 0.15) is 47.1 Å². The fourth-order valence-corrected chi connectivity index (χ4v) is 5.40. The number of thiazole rings is 1. The van der Waals surface area contributed by atoms with E-state index in [1.807, 2.05) is 0 Å². The first-order valence-corrected chi connectivity index (χ1v) is 11.7. The van der Waals surface area contributed by atoms with Gasteiger partial charge in [-0.15, -0.1) is 11.3 Å². The number of halogens is 2. The van der Waals surface area contributed by atoms with Crippen molar-refractivity contribution in [2.24, 2.45) is 5.73 Å². The molecule has 1 amide bonds. The minimum Gasteiger partial charge on any atom is -0.387 e. The number of amides is 1. The number of nitrogens with zero attached hydrogens (tertiary/aromatic N) is 3. The smallest absolute Gasteiger partial charge is 0.275 e. The Hall–Kier alpha value is -2.95. The summed E-state index contributed by atoms with van der Waals surface area (Å²) in [5, 5.41) is 14.7. The number of nitrogens with one attached hydrogen (secondary N) is 1. The number of anilines is 2. The molecule has 172 valence electrons. The Kier molecular flexibility index (Phi) is 5.81. The largest absolute Gasteiger partial charge is 0.387 e. The predicted octanol–water partition coefficient (Wildman–Crippen LogP) is 3.64. The quantitative estimate of drug-likeness (QED) is 0.537. The van der Waals surface area contributed by atoms with Crippen LogP contribution in [-0.4, -0.2) is 40.1 Å². The van der Waals surface area contributed by atoms with Crippen molar-refractivity contribution in [3.63, 3.8) is 0 Å². The van der Waals surface area contributed by atoms with E-state index in [1.54, 1.807) is 6.20 Å². The maximum Gasteiger partial charge on any atom is 0.275 e. The number of aromatic nitrogens is 2. The van der Waals surface area contributed by atoms with Gasteiger partial charge in [0.05, 0.1) is 34.9 Å². The molecule has 7 nitrogen and oxygen atoms in total. The molecule has 3 aromatic rings. The van der Waals surface area contributed by atoms with Gasteiger partial charge in [-0.2, -0.15) is 0 Å². The summed E-state index contributed by atoms with van der Waals surface area (Å²) in [5.74, 6) is -1.97. The zero-order valence-corrected chi connectivity index (χ0v) is 18.5. The van der Waals surface area contributed by atoms with Crippen molar-refractivity contribution in [2.75, 3.05) is 23.3 Å². The summed E-state index contributed by atoms with van der Waals surface area (Å²) in [7, 11) is 0. The first kappa shape index (κ1) is 21.9. The van der Waals surface area contributed by atoms with E-state index < -0.39 is 23.6 Å². The van der Waals surface area contributed by atoms with E-state index in [0.29, 0.717) is 30.8 Å². The van der Waals surface area contributed by atoms with Crippen molar-refractivity contribution in [1.29, 1.82) is 0 Å². The molecule has 0 unspecified atom stereocenters. The van der Waals surface area contributed by atoms with Gasteiger partial charge in [0.15, 0.2) is 0 Å². The van der Waals surface area contributed by atoms with Crippen molar-refractivity contribution in [2.45, 2.75) is 37.8 Å². The number of aliphatic hydroxyl groups is 1. The summed E-state index contributed by atoms with van der Waals surface area (Å²) in [6.45, 7) is 1.43. The average molecular weight is 472 g/mol. The summed E-state index contributed by atoms with van der Waals surface area (Å²) in [4.78, 5) is 23.7. The van der Waals surface area contributed by atoms with Crippen molar-refractivity contribution in [3.05, 3.63) is 58.4 Å². The number of carbonyl (C=O) groups excluding carboxylic acids is 1. The Morgan fingerprint density at radius 1 is 1.27 bits per heavy atom. The van der Waals surface area contributed by atoms with Crippen molar-refractivity contribution < 1.29 is 18.7 Å². The molecule has 1 aliphatic heterocycles. The summed E-state index contributed by atoms with van der Waals surface area (Å²) in [5.41, 5.74) is 8.89. The van der Waals surface area contributed by atoms with E-state index in [-0.39, 0.29) is 22.3 Å². The van der Waals surface area contributed by atoms with E-state index in [4.69, 9.17) is 5.73 Å². The molecule has 1 fully saturated rings. The molecule has 0 bridgehead atoms. The van der Waals surface area contributed by atoms with Gasteiger partial charge < -0.3 is 21.1 Å². The lowest BCUT2D eigenvalue weighted by molar-refractivity contribution is 0.102. The Labute approximate surface area is 193 Å². The van der Waals surface area contributed by atoms with E-state index in [1.165, 1.54) is 11.4 Å². The molecule has 1 aromatic carbocycles. The van der Waals surface area contributed by atoms with Gasteiger partial charge in [-0.1, -0.05) is 6.07 Å². The Morgan fingerprint density at radius 3 is 2.82 bits per heavy atom. The van der Waals surface area contributed by atoms with Gasteiger partial charge in [-0.25, -0.2) is 13.8 Å². The molecule has 1 aliphatic carbocycles. The van der Waals surface area contributed by atoms with Crippen LogP contribution < -0.4 is 16.0 Å². The third-order valence-corrected chi connectivity index (χ3v) is 6.96. The van der Waals surface area contributed by atoms with Crippen LogP contribution in [0.4, 0.5) is 20.2 Å². The van der Waals surface area contributed by atoms with Crippen LogP contribution in [0.2, 0.25) is 0 Å². The maximum absolute atomic E-state index is 14.1. The first-order valence-electron chi connectivity index (χ1n) is 10.8. The second-order valence-electron chi connectivity index (χ2n) is 8.38. The van der Waals surface area contributed by atoms with Crippen LogP contribution >= 0.6 is 11.3 Å². The number of rotatable bonds is 4. The van der Waals surface area contributed by atoms with Gasteiger partial charge in [0, 0.05) is 30.1 Å². The number of carbonyl (C=O) groups is 1. The average Bonchev–Trinajstić information content (AvgIpc) is 3.41. The van der Waals surface area contributed by atoms with Crippen LogP contribution in [-0.2, 0) is 6.42 Å². The Morgan fingerprint density at radius 2 is 2.06 bits per heavy atom. The molecule has 10 heteroatoms. The minimum atomic E-state index is -0.735. The lowest BCUT2D eigenvalue weighted by atomic mass is 10.0. The molecule has 4 N–H and O–H groups in total. The van der Waals surface area contributed by atoms with Crippen LogP contribution in [0.3, 0.4) is 0 Å².